The van der Waals surface area contributed by atoms with Crippen molar-refractivity contribution >= 4 is 0 Å². The third-order valence-corrected chi connectivity index (χ3v) is 3.15. The van der Waals surface area contributed by atoms with Gasteiger partial charge in [0.25, 0.3) is 0 Å². The van der Waals surface area contributed by atoms with Crippen molar-refractivity contribution in [3.05, 3.63) is 0 Å². The number of ether oxygens (including phenoxy) is 1. The summed E-state index contributed by atoms with van der Waals surface area (Å²) < 4.78 is 5.98. The number of likely N-dealkylation sites (N-methyl/N-ethyl adjacent to an activating group) is 1. The number of rotatable bonds is 11. The fraction of sp³-hybridized carbons (Fsp3) is 1.00. The van der Waals surface area contributed by atoms with Crippen molar-refractivity contribution in [1.82, 2.24) is 10.2 Å². The first-order valence-electron chi connectivity index (χ1n) is 7.20. The van der Waals surface area contributed by atoms with Gasteiger partial charge in [0, 0.05) is 13.1 Å². The molecule has 0 radical (unpaired) electrons. The minimum Gasteiger partial charge on any atom is -0.375 e. The van der Waals surface area contributed by atoms with Gasteiger partial charge in [-0.05, 0) is 32.0 Å². The van der Waals surface area contributed by atoms with Gasteiger partial charge in [-0.2, -0.15) is 0 Å². The molecule has 0 saturated heterocycles. The highest BCUT2D eigenvalue weighted by Crippen LogP contribution is 2.05. The molecule has 104 valence electrons. The summed E-state index contributed by atoms with van der Waals surface area (Å²) in [4.78, 5) is 2.40. The Morgan fingerprint density at radius 2 is 1.76 bits per heavy atom. The highest BCUT2D eigenvalue weighted by Gasteiger charge is 2.13. The van der Waals surface area contributed by atoms with Gasteiger partial charge in [0.1, 0.15) is 0 Å². The van der Waals surface area contributed by atoms with Crippen molar-refractivity contribution in [3.63, 3.8) is 0 Å². The number of nitrogens with zero attached hydrogens (tertiary/aromatic N) is 1. The zero-order valence-electron chi connectivity index (χ0n) is 12.5. The first-order chi connectivity index (χ1) is 8.15. The van der Waals surface area contributed by atoms with Crippen LogP contribution in [0.1, 0.15) is 41.0 Å². The Kier molecular flexibility index (Phi) is 10.9. The molecule has 3 nitrogen and oxygen atoms in total. The zero-order chi connectivity index (χ0) is 13.1. The van der Waals surface area contributed by atoms with Gasteiger partial charge in [0.05, 0.1) is 12.7 Å². The van der Waals surface area contributed by atoms with Crippen molar-refractivity contribution in [2.45, 2.75) is 47.1 Å². The first-order valence-corrected chi connectivity index (χ1v) is 7.20. The molecule has 0 fully saturated rings. The maximum absolute atomic E-state index is 5.98. The summed E-state index contributed by atoms with van der Waals surface area (Å²) in [6.07, 6.45) is 1.53. The Labute approximate surface area is 108 Å². The summed E-state index contributed by atoms with van der Waals surface area (Å²) in [6.45, 7) is 17.2. The smallest absolute Gasteiger partial charge is 0.0722 e. The van der Waals surface area contributed by atoms with Crippen molar-refractivity contribution in [2.24, 2.45) is 5.92 Å². The number of hydrogen-bond acceptors (Lipinski definition) is 3. The van der Waals surface area contributed by atoms with Gasteiger partial charge in [-0.25, -0.2) is 0 Å². The lowest BCUT2D eigenvalue weighted by Crippen LogP contribution is -2.36. The Morgan fingerprint density at radius 1 is 1.12 bits per heavy atom. The molecule has 0 spiro atoms. The largest absolute Gasteiger partial charge is 0.375 e. The van der Waals surface area contributed by atoms with Gasteiger partial charge < -0.3 is 15.0 Å². The maximum Gasteiger partial charge on any atom is 0.0722 e. The molecule has 17 heavy (non-hydrogen) atoms. The first kappa shape index (κ1) is 16.9. The molecule has 1 N–H and O–H groups in total. The predicted molar refractivity (Wildman–Crippen MR) is 75.5 cm³/mol. The number of hydrogen-bond donors (Lipinski definition) is 1. The van der Waals surface area contributed by atoms with Crippen LogP contribution in [0, 0.1) is 5.92 Å². The van der Waals surface area contributed by atoms with Crippen LogP contribution in [0.25, 0.3) is 0 Å². The molecule has 0 bridgehead atoms. The van der Waals surface area contributed by atoms with E-state index in [9.17, 15) is 0 Å². The fourth-order valence-corrected chi connectivity index (χ4v) is 1.78. The lowest BCUT2D eigenvalue weighted by atomic mass is 10.1. The minimum absolute atomic E-state index is 0.345. The van der Waals surface area contributed by atoms with Crippen LogP contribution in [0.3, 0.4) is 0 Å². The summed E-state index contributed by atoms with van der Waals surface area (Å²) in [5.74, 6) is 0.580. The Balaban J connectivity index is 3.76. The van der Waals surface area contributed by atoms with Crippen LogP contribution in [-0.4, -0.2) is 50.3 Å². The molecule has 0 aromatic rings. The molecule has 0 aromatic carbocycles. The van der Waals surface area contributed by atoms with Crippen LogP contribution in [0.2, 0.25) is 0 Å². The molecule has 0 amide bonds. The van der Waals surface area contributed by atoms with Crippen LogP contribution < -0.4 is 5.32 Å². The standard InChI is InChI=1S/C14H32N2O/c1-6-9-15-12-14(13(4)5)17-11-10-16(7-2)8-3/h13-15H,6-12H2,1-5H3. The second kappa shape index (κ2) is 11.0. The molecule has 0 aromatic heterocycles. The van der Waals surface area contributed by atoms with Gasteiger partial charge in [-0.3, -0.25) is 0 Å². The Hall–Kier alpha value is -0.120. The van der Waals surface area contributed by atoms with Crippen molar-refractivity contribution in [3.8, 4) is 0 Å². The monoisotopic (exact) mass is 244 g/mol. The fourth-order valence-electron chi connectivity index (χ4n) is 1.78. The molecule has 0 rings (SSSR count). The molecule has 0 aliphatic rings. The highest BCUT2D eigenvalue weighted by molar-refractivity contribution is 4.66. The normalized spacial score (nSPS) is 13.6. The van der Waals surface area contributed by atoms with E-state index in [1.54, 1.807) is 0 Å². The summed E-state index contributed by atoms with van der Waals surface area (Å²) in [5, 5.41) is 3.44. The summed E-state index contributed by atoms with van der Waals surface area (Å²) in [5.41, 5.74) is 0. The van der Waals surface area contributed by atoms with Gasteiger partial charge in [-0.1, -0.05) is 34.6 Å². The summed E-state index contributed by atoms with van der Waals surface area (Å²) >= 11 is 0. The van der Waals surface area contributed by atoms with E-state index in [2.05, 4.69) is 44.8 Å². The van der Waals surface area contributed by atoms with Crippen molar-refractivity contribution in [2.75, 3.05) is 39.3 Å². The van der Waals surface area contributed by atoms with E-state index in [1.807, 2.05) is 0 Å². The lowest BCUT2D eigenvalue weighted by Gasteiger charge is -2.24. The molecular formula is C14H32N2O. The lowest BCUT2D eigenvalue weighted by molar-refractivity contribution is 0.0124. The maximum atomic E-state index is 5.98. The predicted octanol–water partition coefficient (Wildman–Crippen LogP) is 2.37. The van der Waals surface area contributed by atoms with E-state index < -0.39 is 0 Å². The minimum atomic E-state index is 0.345. The van der Waals surface area contributed by atoms with E-state index in [-0.39, 0.29) is 0 Å². The molecule has 1 atom stereocenters. The average molecular weight is 244 g/mol. The van der Waals surface area contributed by atoms with Gasteiger partial charge in [0.15, 0.2) is 0 Å². The van der Waals surface area contributed by atoms with E-state index in [1.165, 1.54) is 6.42 Å². The van der Waals surface area contributed by atoms with E-state index in [0.29, 0.717) is 12.0 Å². The van der Waals surface area contributed by atoms with Crippen LogP contribution in [0.5, 0.6) is 0 Å². The molecule has 0 aliphatic carbocycles. The number of nitrogens with one attached hydrogen (secondary N) is 1. The van der Waals surface area contributed by atoms with Gasteiger partial charge in [0.2, 0.25) is 0 Å². The van der Waals surface area contributed by atoms with Crippen LogP contribution in [0.4, 0.5) is 0 Å². The third kappa shape index (κ3) is 8.58. The molecule has 0 saturated carbocycles. The van der Waals surface area contributed by atoms with Gasteiger partial charge >= 0.3 is 0 Å². The highest BCUT2D eigenvalue weighted by atomic mass is 16.5. The van der Waals surface area contributed by atoms with Crippen LogP contribution in [-0.2, 0) is 4.74 Å². The Morgan fingerprint density at radius 3 is 2.24 bits per heavy atom. The average Bonchev–Trinajstić information content (AvgIpc) is 2.32. The molecule has 0 heterocycles. The molecule has 0 aliphatic heterocycles. The quantitative estimate of drug-likeness (QED) is 0.565. The molecular weight excluding hydrogens is 212 g/mol. The second-order valence-corrected chi connectivity index (χ2v) is 4.88. The summed E-state index contributed by atoms with van der Waals surface area (Å²) in [6, 6.07) is 0. The summed E-state index contributed by atoms with van der Waals surface area (Å²) in [7, 11) is 0. The van der Waals surface area contributed by atoms with E-state index >= 15 is 0 Å². The second-order valence-electron chi connectivity index (χ2n) is 4.88. The van der Waals surface area contributed by atoms with E-state index in [0.717, 1.165) is 39.3 Å². The van der Waals surface area contributed by atoms with Crippen molar-refractivity contribution in [1.29, 1.82) is 0 Å². The van der Waals surface area contributed by atoms with Crippen LogP contribution in [0.15, 0.2) is 0 Å². The van der Waals surface area contributed by atoms with Crippen LogP contribution >= 0.6 is 0 Å². The topological polar surface area (TPSA) is 24.5 Å². The van der Waals surface area contributed by atoms with Crippen molar-refractivity contribution < 1.29 is 4.74 Å². The zero-order valence-corrected chi connectivity index (χ0v) is 12.5. The third-order valence-electron chi connectivity index (χ3n) is 3.15. The Bertz CT molecular complexity index is 158. The SMILES string of the molecule is CCCNCC(OCCN(CC)CC)C(C)C. The molecule has 3 heteroatoms. The van der Waals surface area contributed by atoms with E-state index in [4.69, 9.17) is 4.74 Å². The molecule has 1 unspecified atom stereocenters. The van der Waals surface area contributed by atoms with Gasteiger partial charge in [-0.15, -0.1) is 0 Å².